The SMILES string of the molecule is COCCN1CCCN(C(=O)Cn2cnc3c(cnn3C)c2=O)CC1. The molecule has 0 saturated carbocycles. The zero-order chi connectivity index (χ0) is 17.8. The van der Waals surface area contributed by atoms with Gasteiger partial charge in [-0.3, -0.25) is 23.7 Å². The molecule has 2 aromatic rings. The molecule has 1 aliphatic heterocycles. The quantitative estimate of drug-likeness (QED) is 0.711. The Bertz CT molecular complexity index is 799. The number of fused-ring (bicyclic) bond motifs is 1. The second kappa shape index (κ2) is 7.75. The third-order valence-electron chi connectivity index (χ3n) is 4.58. The van der Waals surface area contributed by atoms with Crippen LogP contribution in [0.5, 0.6) is 0 Å². The molecule has 2 aromatic heterocycles. The van der Waals surface area contributed by atoms with Crippen molar-refractivity contribution in [1.29, 1.82) is 0 Å². The molecule has 0 N–H and O–H groups in total. The number of aromatic nitrogens is 4. The molecule has 0 radical (unpaired) electrons. The van der Waals surface area contributed by atoms with E-state index in [1.54, 1.807) is 18.8 Å². The van der Waals surface area contributed by atoms with Crippen LogP contribution in [-0.2, 0) is 23.1 Å². The van der Waals surface area contributed by atoms with E-state index in [0.717, 1.165) is 26.1 Å². The highest BCUT2D eigenvalue weighted by Gasteiger charge is 2.20. The second-order valence-corrected chi connectivity index (χ2v) is 6.25. The zero-order valence-corrected chi connectivity index (χ0v) is 14.7. The van der Waals surface area contributed by atoms with Crippen LogP contribution in [0.25, 0.3) is 11.0 Å². The lowest BCUT2D eigenvalue weighted by Crippen LogP contribution is -2.39. The number of carbonyl (C=O) groups is 1. The number of hydrogen-bond donors (Lipinski definition) is 0. The van der Waals surface area contributed by atoms with Crippen LogP contribution in [0.2, 0.25) is 0 Å². The maximum atomic E-state index is 12.6. The number of amides is 1. The highest BCUT2D eigenvalue weighted by Crippen LogP contribution is 2.06. The van der Waals surface area contributed by atoms with E-state index in [1.807, 2.05) is 4.90 Å². The molecule has 0 spiro atoms. The molecule has 136 valence electrons. The lowest BCUT2D eigenvalue weighted by molar-refractivity contribution is -0.131. The summed E-state index contributed by atoms with van der Waals surface area (Å²) in [6.07, 6.45) is 3.84. The Hall–Kier alpha value is -2.26. The number of ether oxygens (including phenoxy) is 1. The first-order chi connectivity index (χ1) is 12.1. The summed E-state index contributed by atoms with van der Waals surface area (Å²) < 4.78 is 8.02. The third kappa shape index (κ3) is 3.88. The van der Waals surface area contributed by atoms with Gasteiger partial charge in [-0.1, -0.05) is 0 Å². The van der Waals surface area contributed by atoms with Gasteiger partial charge in [-0.15, -0.1) is 0 Å². The summed E-state index contributed by atoms with van der Waals surface area (Å²) in [5.41, 5.74) is 0.292. The van der Waals surface area contributed by atoms with E-state index in [0.29, 0.717) is 30.7 Å². The van der Waals surface area contributed by atoms with E-state index in [9.17, 15) is 9.59 Å². The smallest absolute Gasteiger partial charge is 0.264 e. The van der Waals surface area contributed by atoms with Crippen LogP contribution in [0.4, 0.5) is 0 Å². The van der Waals surface area contributed by atoms with Crippen molar-refractivity contribution in [3.63, 3.8) is 0 Å². The minimum absolute atomic E-state index is 0.00867. The van der Waals surface area contributed by atoms with Gasteiger partial charge in [-0.25, -0.2) is 4.98 Å². The van der Waals surface area contributed by atoms with Crippen LogP contribution >= 0.6 is 0 Å². The predicted octanol–water partition coefficient (Wildman–Crippen LogP) is -0.689. The maximum Gasteiger partial charge on any atom is 0.264 e. The fraction of sp³-hybridized carbons (Fsp3) is 0.625. The van der Waals surface area contributed by atoms with Crippen molar-refractivity contribution in [3.05, 3.63) is 22.9 Å². The monoisotopic (exact) mass is 348 g/mol. The Morgan fingerprint density at radius 3 is 2.92 bits per heavy atom. The van der Waals surface area contributed by atoms with E-state index in [2.05, 4.69) is 15.0 Å². The van der Waals surface area contributed by atoms with Crippen LogP contribution in [-0.4, -0.2) is 81.5 Å². The summed E-state index contributed by atoms with van der Waals surface area (Å²) >= 11 is 0. The molecule has 0 aromatic carbocycles. The van der Waals surface area contributed by atoms with Crippen LogP contribution in [0.3, 0.4) is 0 Å². The van der Waals surface area contributed by atoms with Gasteiger partial charge in [0.25, 0.3) is 5.56 Å². The molecule has 1 fully saturated rings. The normalized spacial score (nSPS) is 16.3. The van der Waals surface area contributed by atoms with Crippen molar-refractivity contribution in [2.45, 2.75) is 13.0 Å². The zero-order valence-electron chi connectivity index (χ0n) is 14.7. The molecular formula is C16H24N6O3. The number of hydrogen-bond acceptors (Lipinski definition) is 6. The average molecular weight is 348 g/mol. The predicted molar refractivity (Wildman–Crippen MR) is 92.3 cm³/mol. The van der Waals surface area contributed by atoms with E-state index in [4.69, 9.17) is 4.74 Å². The molecule has 0 aliphatic carbocycles. The third-order valence-corrected chi connectivity index (χ3v) is 4.58. The summed E-state index contributed by atoms with van der Waals surface area (Å²) in [5, 5.41) is 4.47. The highest BCUT2D eigenvalue weighted by atomic mass is 16.5. The molecule has 1 saturated heterocycles. The second-order valence-electron chi connectivity index (χ2n) is 6.25. The first-order valence-corrected chi connectivity index (χ1v) is 8.46. The first-order valence-electron chi connectivity index (χ1n) is 8.46. The Balaban J connectivity index is 1.66. The van der Waals surface area contributed by atoms with Crippen LogP contribution < -0.4 is 5.56 Å². The fourth-order valence-electron chi connectivity index (χ4n) is 3.09. The lowest BCUT2D eigenvalue weighted by atomic mass is 10.3. The summed E-state index contributed by atoms with van der Waals surface area (Å²) in [4.78, 5) is 33.4. The van der Waals surface area contributed by atoms with E-state index >= 15 is 0 Å². The van der Waals surface area contributed by atoms with Gasteiger partial charge in [-0.2, -0.15) is 5.10 Å². The van der Waals surface area contributed by atoms with E-state index in [-0.39, 0.29) is 18.0 Å². The largest absolute Gasteiger partial charge is 0.383 e. The molecule has 0 bridgehead atoms. The number of rotatable bonds is 5. The van der Waals surface area contributed by atoms with Crippen molar-refractivity contribution in [2.24, 2.45) is 7.05 Å². The molecule has 25 heavy (non-hydrogen) atoms. The number of methoxy groups -OCH3 is 1. The van der Waals surface area contributed by atoms with E-state index in [1.165, 1.54) is 17.1 Å². The van der Waals surface area contributed by atoms with Gasteiger partial charge < -0.3 is 9.64 Å². The number of nitrogens with zero attached hydrogens (tertiary/aromatic N) is 6. The van der Waals surface area contributed by atoms with Gasteiger partial charge >= 0.3 is 0 Å². The summed E-state index contributed by atoms with van der Waals surface area (Å²) in [5.74, 6) is -0.0549. The minimum Gasteiger partial charge on any atom is -0.383 e. The summed E-state index contributed by atoms with van der Waals surface area (Å²) in [6, 6.07) is 0. The Morgan fingerprint density at radius 2 is 2.12 bits per heavy atom. The van der Waals surface area contributed by atoms with Crippen molar-refractivity contribution in [1.82, 2.24) is 29.1 Å². The van der Waals surface area contributed by atoms with Crippen molar-refractivity contribution < 1.29 is 9.53 Å². The standard InChI is InChI=1S/C16H24N6O3/c1-19-15-13(10-18-19)16(24)22(12-17-15)11-14(23)21-5-3-4-20(6-7-21)8-9-25-2/h10,12H,3-9,11H2,1-2H3. The Kier molecular flexibility index (Phi) is 5.44. The van der Waals surface area contributed by atoms with Gasteiger partial charge in [0.2, 0.25) is 5.91 Å². The van der Waals surface area contributed by atoms with Crippen molar-refractivity contribution >= 4 is 16.9 Å². The molecule has 1 aliphatic rings. The van der Waals surface area contributed by atoms with Crippen LogP contribution in [0.1, 0.15) is 6.42 Å². The number of carbonyl (C=O) groups excluding carboxylic acids is 1. The first kappa shape index (κ1) is 17.6. The lowest BCUT2D eigenvalue weighted by Gasteiger charge is -2.22. The molecule has 3 heterocycles. The molecule has 3 rings (SSSR count). The average Bonchev–Trinajstić information content (AvgIpc) is 2.83. The maximum absolute atomic E-state index is 12.6. The van der Waals surface area contributed by atoms with Gasteiger partial charge in [0, 0.05) is 40.3 Å². The van der Waals surface area contributed by atoms with Crippen LogP contribution in [0, 0.1) is 0 Å². The van der Waals surface area contributed by atoms with Gasteiger partial charge in [0.1, 0.15) is 18.3 Å². The summed E-state index contributed by atoms with van der Waals surface area (Å²) in [6.45, 7) is 4.73. The molecule has 0 atom stereocenters. The van der Waals surface area contributed by atoms with E-state index < -0.39 is 0 Å². The molecule has 1 amide bonds. The summed E-state index contributed by atoms with van der Waals surface area (Å²) in [7, 11) is 3.43. The molecule has 0 unspecified atom stereocenters. The Labute approximate surface area is 145 Å². The number of aryl methyl sites for hydroxylation is 1. The molecular weight excluding hydrogens is 324 g/mol. The van der Waals surface area contributed by atoms with Crippen molar-refractivity contribution in [3.8, 4) is 0 Å². The minimum atomic E-state index is -0.233. The topological polar surface area (TPSA) is 85.5 Å². The van der Waals surface area contributed by atoms with Crippen molar-refractivity contribution in [2.75, 3.05) is 46.4 Å². The Morgan fingerprint density at radius 1 is 1.28 bits per heavy atom. The highest BCUT2D eigenvalue weighted by molar-refractivity contribution is 5.77. The molecule has 9 nitrogen and oxygen atoms in total. The van der Waals surface area contributed by atoms with Crippen LogP contribution in [0.15, 0.2) is 17.3 Å². The van der Waals surface area contributed by atoms with Gasteiger partial charge in [-0.05, 0) is 13.0 Å². The fourth-order valence-corrected chi connectivity index (χ4v) is 3.09. The van der Waals surface area contributed by atoms with Gasteiger partial charge in [0.05, 0.1) is 12.8 Å². The molecule has 9 heteroatoms. The van der Waals surface area contributed by atoms with Gasteiger partial charge in [0.15, 0.2) is 5.65 Å².